The molecule has 150 valence electrons. The summed E-state index contributed by atoms with van der Waals surface area (Å²) in [6.07, 6.45) is 0.854. The second-order valence-corrected chi connectivity index (χ2v) is 8.14. The molecular weight excluding hydrogens is 408 g/mol. The molecule has 0 saturated carbocycles. The third-order valence-corrected chi connectivity index (χ3v) is 6.62. The second-order valence-electron chi connectivity index (χ2n) is 6.31. The lowest BCUT2D eigenvalue weighted by atomic mass is 10.0. The molecule has 1 N–H and O–H groups in total. The fourth-order valence-electron chi connectivity index (χ4n) is 3.22. The Kier molecular flexibility index (Phi) is 7.12. The predicted molar refractivity (Wildman–Crippen MR) is 104 cm³/mol. The molecule has 0 amide bonds. The maximum Gasteiger partial charge on any atom is 0.249 e. The lowest BCUT2D eigenvalue weighted by Gasteiger charge is -2.35. The zero-order valence-electron chi connectivity index (χ0n) is 15.2. The molecule has 2 aromatic carbocycles. The molecule has 3 rings (SSSR count). The van der Waals surface area contributed by atoms with Crippen LogP contribution in [-0.4, -0.2) is 32.4 Å². The van der Waals surface area contributed by atoms with Crippen LogP contribution in [0.5, 0.6) is 0 Å². The monoisotopic (exact) mass is 427 g/mol. The molecule has 5 nitrogen and oxygen atoms in total. The van der Waals surface area contributed by atoms with Gasteiger partial charge < -0.3 is 5.32 Å². The first-order valence-corrected chi connectivity index (χ1v) is 10.0. The summed E-state index contributed by atoms with van der Waals surface area (Å²) in [7, 11) is -4.43. The molecule has 1 heterocycles. The molecule has 0 aromatic heterocycles. The van der Waals surface area contributed by atoms with Crippen LogP contribution in [0.25, 0.3) is 0 Å². The zero-order valence-corrected chi connectivity index (χ0v) is 16.8. The average Bonchev–Trinajstić information content (AvgIpc) is 2.67. The number of aryl methyl sites for hydroxylation is 1. The van der Waals surface area contributed by atoms with E-state index in [4.69, 9.17) is 5.26 Å². The van der Waals surface area contributed by atoms with Crippen LogP contribution in [-0.2, 0) is 16.4 Å². The van der Waals surface area contributed by atoms with Crippen LogP contribution < -0.4 is 5.32 Å². The first-order chi connectivity index (χ1) is 12.9. The van der Waals surface area contributed by atoms with Crippen LogP contribution in [0.15, 0.2) is 41.3 Å². The van der Waals surface area contributed by atoms with Gasteiger partial charge in [-0.2, -0.15) is 9.57 Å². The van der Waals surface area contributed by atoms with E-state index in [1.165, 1.54) is 0 Å². The minimum Gasteiger partial charge on any atom is -0.313 e. The number of nitriles is 1. The van der Waals surface area contributed by atoms with E-state index in [1.807, 2.05) is 31.2 Å². The summed E-state index contributed by atoms with van der Waals surface area (Å²) in [5.74, 6) is -2.52. The van der Waals surface area contributed by atoms with Crippen molar-refractivity contribution in [2.24, 2.45) is 0 Å². The molecule has 2 aromatic rings. The SMILES string of the molecule is CCc1ccc(C2CNCCN2S(=O)(=O)c2c(F)cc(C#N)cc2F)cc1.Cl. The van der Waals surface area contributed by atoms with Crippen molar-refractivity contribution in [1.82, 2.24) is 9.62 Å². The van der Waals surface area contributed by atoms with Gasteiger partial charge in [-0.05, 0) is 29.7 Å². The van der Waals surface area contributed by atoms with Crippen LogP contribution in [0.3, 0.4) is 0 Å². The standard InChI is InChI=1S/C19H19F2N3O2S.ClH/c1-2-13-3-5-15(6-4-13)18-12-23-7-8-24(18)27(25,26)19-16(20)9-14(11-22)10-17(19)21;/h3-6,9-10,18,23H,2,7-8,12H2,1H3;1H. The van der Waals surface area contributed by atoms with E-state index in [2.05, 4.69) is 5.32 Å². The van der Waals surface area contributed by atoms with Crippen molar-refractivity contribution >= 4 is 22.4 Å². The van der Waals surface area contributed by atoms with Gasteiger partial charge in [-0.25, -0.2) is 17.2 Å². The van der Waals surface area contributed by atoms with Gasteiger partial charge in [0.2, 0.25) is 10.0 Å². The Labute approximate surface area is 169 Å². The van der Waals surface area contributed by atoms with Crippen LogP contribution >= 0.6 is 12.4 Å². The number of piperazine rings is 1. The highest BCUT2D eigenvalue weighted by Gasteiger charge is 2.38. The molecule has 0 aliphatic carbocycles. The Hall–Kier alpha value is -2.05. The van der Waals surface area contributed by atoms with Crippen molar-refractivity contribution in [1.29, 1.82) is 5.26 Å². The van der Waals surface area contributed by atoms with Gasteiger partial charge in [0.05, 0.1) is 17.7 Å². The Bertz CT molecular complexity index is 968. The van der Waals surface area contributed by atoms with E-state index >= 15 is 0 Å². The summed E-state index contributed by atoms with van der Waals surface area (Å²) in [4.78, 5) is -1.02. The Balaban J connectivity index is 0.00000280. The summed E-state index contributed by atoms with van der Waals surface area (Å²) in [6.45, 7) is 2.82. The molecule has 28 heavy (non-hydrogen) atoms. The molecule has 1 saturated heterocycles. The number of hydrogen-bond acceptors (Lipinski definition) is 4. The first-order valence-electron chi connectivity index (χ1n) is 8.59. The highest BCUT2D eigenvalue weighted by molar-refractivity contribution is 7.89. The van der Waals surface area contributed by atoms with E-state index in [0.29, 0.717) is 13.1 Å². The van der Waals surface area contributed by atoms with Crippen LogP contribution in [0.2, 0.25) is 0 Å². The van der Waals surface area contributed by atoms with Crippen molar-refractivity contribution in [3.8, 4) is 6.07 Å². The summed E-state index contributed by atoms with van der Waals surface area (Å²) >= 11 is 0. The summed E-state index contributed by atoms with van der Waals surface area (Å²) < 4.78 is 56.0. The lowest BCUT2D eigenvalue weighted by molar-refractivity contribution is 0.269. The Morgan fingerprint density at radius 2 is 1.82 bits per heavy atom. The van der Waals surface area contributed by atoms with Gasteiger partial charge in [0.25, 0.3) is 0 Å². The molecule has 1 fully saturated rings. The highest BCUT2D eigenvalue weighted by atomic mass is 35.5. The normalized spacial score (nSPS) is 17.6. The zero-order chi connectivity index (χ0) is 19.6. The fourth-order valence-corrected chi connectivity index (χ4v) is 4.93. The summed E-state index contributed by atoms with van der Waals surface area (Å²) in [5.41, 5.74) is 1.59. The molecule has 0 spiro atoms. The van der Waals surface area contributed by atoms with Gasteiger partial charge in [0.15, 0.2) is 4.90 Å². The van der Waals surface area contributed by atoms with Gasteiger partial charge in [-0.15, -0.1) is 12.4 Å². The maximum absolute atomic E-state index is 14.4. The third kappa shape index (κ3) is 4.18. The van der Waals surface area contributed by atoms with E-state index in [1.54, 1.807) is 6.07 Å². The predicted octanol–water partition coefficient (Wildman–Crippen LogP) is 3.16. The molecule has 0 radical (unpaired) electrons. The van der Waals surface area contributed by atoms with E-state index < -0.39 is 32.6 Å². The number of halogens is 3. The molecular formula is C19H20ClF2N3O2S. The van der Waals surface area contributed by atoms with E-state index in [-0.39, 0.29) is 24.5 Å². The Morgan fingerprint density at radius 1 is 1.21 bits per heavy atom. The van der Waals surface area contributed by atoms with Crippen LogP contribution in [0.4, 0.5) is 8.78 Å². The largest absolute Gasteiger partial charge is 0.313 e. The number of nitrogens with one attached hydrogen (secondary N) is 1. The lowest BCUT2D eigenvalue weighted by Crippen LogP contribution is -2.48. The quantitative estimate of drug-likeness (QED) is 0.813. The smallest absolute Gasteiger partial charge is 0.249 e. The number of benzene rings is 2. The van der Waals surface area contributed by atoms with Crippen molar-refractivity contribution in [3.63, 3.8) is 0 Å². The van der Waals surface area contributed by atoms with Gasteiger partial charge in [-0.1, -0.05) is 31.2 Å². The molecule has 9 heteroatoms. The molecule has 1 aliphatic rings. The van der Waals surface area contributed by atoms with Crippen molar-refractivity contribution in [3.05, 3.63) is 64.7 Å². The molecule has 1 unspecified atom stereocenters. The van der Waals surface area contributed by atoms with E-state index in [9.17, 15) is 17.2 Å². The highest BCUT2D eigenvalue weighted by Crippen LogP contribution is 2.32. The summed E-state index contributed by atoms with van der Waals surface area (Å²) in [6, 6.07) is 10.0. The van der Waals surface area contributed by atoms with Crippen molar-refractivity contribution in [2.45, 2.75) is 24.3 Å². The number of sulfonamides is 1. The van der Waals surface area contributed by atoms with Gasteiger partial charge in [0, 0.05) is 19.6 Å². The molecule has 1 atom stereocenters. The topological polar surface area (TPSA) is 73.2 Å². The maximum atomic E-state index is 14.4. The van der Waals surface area contributed by atoms with Crippen molar-refractivity contribution in [2.75, 3.05) is 19.6 Å². The van der Waals surface area contributed by atoms with Gasteiger partial charge in [-0.3, -0.25) is 0 Å². The second kappa shape index (κ2) is 8.97. The minimum atomic E-state index is -4.43. The first kappa shape index (κ1) is 22.2. The number of nitrogens with zero attached hydrogens (tertiary/aromatic N) is 2. The summed E-state index contributed by atoms with van der Waals surface area (Å²) in [5, 5.41) is 11.9. The Morgan fingerprint density at radius 3 is 2.36 bits per heavy atom. The van der Waals surface area contributed by atoms with Crippen LogP contribution in [0.1, 0.15) is 29.7 Å². The number of hydrogen-bond donors (Lipinski definition) is 1. The van der Waals surface area contributed by atoms with E-state index in [0.717, 1.165) is 34.0 Å². The van der Waals surface area contributed by atoms with Crippen molar-refractivity contribution < 1.29 is 17.2 Å². The fraction of sp³-hybridized carbons (Fsp3) is 0.316. The average molecular weight is 428 g/mol. The molecule has 0 bridgehead atoms. The van der Waals surface area contributed by atoms with Gasteiger partial charge >= 0.3 is 0 Å². The minimum absolute atomic E-state index is 0. The third-order valence-electron chi connectivity index (χ3n) is 4.66. The van der Waals surface area contributed by atoms with Gasteiger partial charge in [0.1, 0.15) is 11.6 Å². The van der Waals surface area contributed by atoms with Crippen LogP contribution in [0, 0.1) is 23.0 Å². The molecule has 1 aliphatic heterocycles. The number of rotatable bonds is 4.